The Balaban J connectivity index is 0.000001000. The molecule has 0 amide bonds. The quantitative estimate of drug-likeness (QED) is 0.437. The highest BCUT2D eigenvalue weighted by molar-refractivity contribution is 5.75. The van der Waals surface area contributed by atoms with Crippen molar-refractivity contribution in [1.29, 1.82) is 5.39 Å². The highest BCUT2D eigenvalue weighted by Crippen LogP contribution is 2.25. The summed E-state index contributed by atoms with van der Waals surface area (Å²) in [5.41, 5.74) is 0.449. The van der Waals surface area contributed by atoms with E-state index in [9.17, 15) is 0 Å². The minimum absolute atomic E-state index is 0. The standard InChI is InChI=1S/C7H7N2O.BH4/c1-10-7-5-3-2-4-6(7)9-8;/h2-5H,1H3;1H4/q+1;-1. The molecule has 0 spiro atoms. The van der Waals surface area contributed by atoms with Gasteiger partial charge in [0.1, 0.15) is 0 Å². The van der Waals surface area contributed by atoms with Gasteiger partial charge in [-0.2, -0.15) is 0 Å². The third-order valence-corrected chi connectivity index (χ3v) is 1.19. The van der Waals surface area contributed by atoms with Crippen LogP contribution in [0.5, 0.6) is 5.75 Å². The van der Waals surface area contributed by atoms with Crippen LogP contribution in [0.1, 0.15) is 0 Å². The molecule has 3 nitrogen and oxygen atoms in total. The van der Waals surface area contributed by atoms with Crippen LogP contribution in [-0.4, -0.2) is 15.5 Å². The van der Waals surface area contributed by atoms with Gasteiger partial charge < -0.3 is 4.74 Å². The molecule has 0 saturated heterocycles. The maximum absolute atomic E-state index is 8.39. The Labute approximate surface area is 67.2 Å². The van der Waals surface area contributed by atoms with Crippen molar-refractivity contribution in [3.05, 3.63) is 29.2 Å². The molecule has 1 rings (SSSR count). The molecule has 0 aliphatic heterocycles. The normalized spacial score (nSPS) is 7.64. The topological polar surface area (TPSA) is 37.4 Å². The second-order valence-corrected chi connectivity index (χ2v) is 1.77. The molecule has 11 heavy (non-hydrogen) atoms. The number of rotatable bonds is 1. The molecule has 0 saturated carbocycles. The zero-order valence-corrected chi connectivity index (χ0v) is 5.61. The lowest BCUT2D eigenvalue weighted by Gasteiger charge is -1.91. The van der Waals surface area contributed by atoms with Gasteiger partial charge in [0.15, 0.2) is 4.98 Å². The Hall–Kier alpha value is -1.50. The fourth-order valence-electron chi connectivity index (χ4n) is 0.712. The first-order valence-electron chi connectivity index (χ1n) is 2.86. The van der Waals surface area contributed by atoms with Gasteiger partial charge in [-0.3, -0.25) is 0 Å². The molecular weight excluding hydrogens is 139 g/mol. The number of para-hydroxylation sites is 1. The second kappa shape index (κ2) is 4.34. The summed E-state index contributed by atoms with van der Waals surface area (Å²) in [4.78, 5) is 3.02. The van der Waals surface area contributed by atoms with Gasteiger partial charge >= 0.3 is 5.69 Å². The third kappa shape index (κ3) is 1.97. The van der Waals surface area contributed by atoms with Crippen molar-refractivity contribution in [1.82, 2.24) is 0 Å². The Morgan fingerprint density at radius 3 is 2.45 bits per heavy atom. The average molecular weight is 150 g/mol. The van der Waals surface area contributed by atoms with Crippen molar-refractivity contribution in [2.75, 3.05) is 7.11 Å². The summed E-state index contributed by atoms with van der Waals surface area (Å²) in [7, 11) is 1.53. The molecule has 0 aliphatic rings. The van der Waals surface area contributed by atoms with E-state index in [-0.39, 0.29) is 8.41 Å². The Bertz CT molecular complexity index is 269. The Morgan fingerprint density at radius 1 is 1.36 bits per heavy atom. The molecule has 1 aromatic rings. The first-order valence-corrected chi connectivity index (χ1v) is 2.86. The zero-order valence-electron chi connectivity index (χ0n) is 5.61. The van der Waals surface area contributed by atoms with E-state index in [0.717, 1.165) is 0 Å². The molecule has 0 N–H and O–H groups in total. The van der Waals surface area contributed by atoms with E-state index in [1.807, 2.05) is 6.07 Å². The summed E-state index contributed by atoms with van der Waals surface area (Å²) in [6.07, 6.45) is 0. The van der Waals surface area contributed by atoms with Crippen LogP contribution in [0.15, 0.2) is 24.3 Å². The molecule has 0 unspecified atom stereocenters. The molecule has 0 aromatic heterocycles. The van der Waals surface area contributed by atoms with Crippen molar-refractivity contribution in [2.24, 2.45) is 0 Å². The fraction of sp³-hybridized carbons (Fsp3) is 0.143. The van der Waals surface area contributed by atoms with Crippen LogP contribution in [-0.2, 0) is 0 Å². The van der Waals surface area contributed by atoms with Gasteiger partial charge in [-0.05, 0) is 6.07 Å². The number of methoxy groups -OCH3 is 1. The largest absolute Gasteiger partial charge is 0.489 e. The fourth-order valence-corrected chi connectivity index (χ4v) is 0.712. The molecule has 0 bridgehead atoms. The highest BCUT2D eigenvalue weighted by Gasteiger charge is 2.10. The first-order chi connectivity index (χ1) is 4.88. The zero-order chi connectivity index (χ0) is 7.40. The van der Waals surface area contributed by atoms with Crippen molar-refractivity contribution in [3.63, 3.8) is 0 Å². The number of hydrogen-bond acceptors (Lipinski definition) is 2. The number of hydrogen-bond donors (Lipinski definition) is 0. The summed E-state index contributed by atoms with van der Waals surface area (Å²) < 4.78 is 4.88. The molecule has 0 aliphatic carbocycles. The molecule has 0 radical (unpaired) electrons. The van der Waals surface area contributed by atoms with Crippen LogP contribution >= 0.6 is 0 Å². The SMILES string of the molecule is COc1ccccc1[N+]#N.[BH4-]. The van der Waals surface area contributed by atoms with Crippen LogP contribution in [0.25, 0.3) is 4.98 Å². The van der Waals surface area contributed by atoms with Crippen LogP contribution in [0, 0.1) is 5.39 Å². The maximum Gasteiger partial charge on any atom is 0.426 e. The molecular formula is C7H11BN2O. The van der Waals surface area contributed by atoms with Crippen molar-refractivity contribution in [2.45, 2.75) is 0 Å². The van der Waals surface area contributed by atoms with Crippen LogP contribution in [0.3, 0.4) is 0 Å². The first kappa shape index (κ1) is 9.50. The molecule has 0 atom stereocenters. The second-order valence-electron chi connectivity index (χ2n) is 1.77. The van der Waals surface area contributed by atoms with Gasteiger partial charge in [-0.25, -0.2) is 0 Å². The van der Waals surface area contributed by atoms with Crippen LogP contribution < -0.4 is 4.74 Å². The van der Waals surface area contributed by atoms with E-state index in [1.54, 1.807) is 18.2 Å². The van der Waals surface area contributed by atoms with Gasteiger partial charge in [0.25, 0.3) is 0 Å². The average Bonchev–Trinajstić information content (AvgIpc) is 2.04. The number of nitrogens with zero attached hydrogens (tertiary/aromatic N) is 2. The maximum atomic E-state index is 8.39. The lowest BCUT2D eigenvalue weighted by molar-refractivity contribution is 0.417. The van der Waals surface area contributed by atoms with E-state index in [4.69, 9.17) is 10.1 Å². The smallest absolute Gasteiger partial charge is 0.426 e. The van der Waals surface area contributed by atoms with Gasteiger partial charge in [-0.15, -0.1) is 0 Å². The predicted molar refractivity (Wildman–Crippen MR) is 49.1 cm³/mol. The van der Waals surface area contributed by atoms with Crippen molar-refractivity contribution >= 4 is 14.1 Å². The van der Waals surface area contributed by atoms with E-state index >= 15 is 0 Å². The summed E-state index contributed by atoms with van der Waals surface area (Å²) >= 11 is 0. The summed E-state index contributed by atoms with van der Waals surface area (Å²) in [6.45, 7) is 0. The van der Waals surface area contributed by atoms with E-state index < -0.39 is 0 Å². The molecule has 1 aromatic carbocycles. The highest BCUT2D eigenvalue weighted by atomic mass is 16.5. The Morgan fingerprint density at radius 2 is 2.00 bits per heavy atom. The molecule has 4 heteroatoms. The third-order valence-electron chi connectivity index (χ3n) is 1.19. The minimum Gasteiger partial charge on any atom is -0.489 e. The molecule has 58 valence electrons. The van der Waals surface area contributed by atoms with Gasteiger partial charge in [0.05, 0.1) is 7.11 Å². The van der Waals surface area contributed by atoms with E-state index in [2.05, 4.69) is 4.98 Å². The summed E-state index contributed by atoms with van der Waals surface area (Å²) in [6, 6.07) is 6.99. The monoisotopic (exact) mass is 150 g/mol. The Kier molecular flexibility index (Phi) is 3.75. The van der Waals surface area contributed by atoms with E-state index in [1.165, 1.54) is 7.11 Å². The van der Waals surface area contributed by atoms with Crippen molar-refractivity contribution < 1.29 is 4.74 Å². The molecule has 0 heterocycles. The predicted octanol–water partition coefficient (Wildman–Crippen LogP) is 0.728. The minimum atomic E-state index is 0. The van der Waals surface area contributed by atoms with Gasteiger partial charge in [0.2, 0.25) is 11.1 Å². The lowest BCUT2D eigenvalue weighted by atomic mass is 10.3. The summed E-state index contributed by atoms with van der Waals surface area (Å²) in [5.74, 6) is 0.574. The van der Waals surface area contributed by atoms with Crippen LogP contribution in [0.4, 0.5) is 5.69 Å². The van der Waals surface area contributed by atoms with Crippen molar-refractivity contribution in [3.8, 4) is 5.75 Å². The summed E-state index contributed by atoms with van der Waals surface area (Å²) in [5, 5.41) is 8.39. The number of diazo groups is 1. The lowest BCUT2D eigenvalue weighted by Crippen LogP contribution is -1.80. The van der Waals surface area contributed by atoms with Crippen LogP contribution in [0.2, 0.25) is 0 Å². The van der Waals surface area contributed by atoms with Gasteiger partial charge in [0, 0.05) is 6.07 Å². The van der Waals surface area contributed by atoms with Gasteiger partial charge in [-0.1, -0.05) is 20.5 Å². The number of ether oxygens (including phenoxy) is 1. The number of benzene rings is 1. The molecule has 0 fully saturated rings. The van der Waals surface area contributed by atoms with E-state index in [0.29, 0.717) is 11.4 Å².